The van der Waals surface area contributed by atoms with Gasteiger partial charge in [-0.1, -0.05) is 18.2 Å². The Morgan fingerprint density at radius 1 is 1.43 bits per heavy atom. The fourth-order valence-corrected chi connectivity index (χ4v) is 4.13. The summed E-state index contributed by atoms with van der Waals surface area (Å²) in [4.78, 5) is 19.6. The summed E-state index contributed by atoms with van der Waals surface area (Å²) in [5.41, 5.74) is 7.50. The number of nitriles is 1. The van der Waals surface area contributed by atoms with Crippen LogP contribution in [-0.2, 0) is 10.3 Å². The van der Waals surface area contributed by atoms with Gasteiger partial charge in [0.1, 0.15) is 11.6 Å². The molecule has 8 heteroatoms. The maximum Gasteiger partial charge on any atom is 0.254 e. The van der Waals surface area contributed by atoms with Crippen molar-refractivity contribution in [3.63, 3.8) is 0 Å². The monoisotopic (exact) mass is 391 g/mol. The summed E-state index contributed by atoms with van der Waals surface area (Å²) >= 11 is 1.47. The van der Waals surface area contributed by atoms with Gasteiger partial charge in [0.05, 0.1) is 11.6 Å². The fourth-order valence-electron chi connectivity index (χ4n) is 3.07. The summed E-state index contributed by atoms with van der Waals surface area (Å²) in [6.07, 6.45) is 3.77. The van der Waals surface area contributed by atoms with Crippen LogP contribution in [0.1, 0.15) is 17.4 Å². The highest BCUT2D eigenvalue weighted by Gasteiger charge is 2.46. The Labute approximate surface area is 167 Å². The van der Waals surface area contributed by atoms with E-state index in [2.05, 4.69) is 16.4 Å². The van der Waals surface area contributed by atoms with E-state index >= 15 is 0 Å². The minimum Gasteiger partial charge on any atom is -0.811 e. The van der Waals surface area contributed by atoms with E-state index in [9.17, 15) is 4.79 Å². The number of allylic oxidation sites excluding steroid dienone is 1. The molecule has 2 atom stereocenters. The van der Waals surface area contributed by atoms with Gasteiger partial charge in [-0.2, -0.15) is 11.5 Å². The van der Waals surface area contributed by atoms with E-state index in [0.717, 1.165) is 22.2 Å². The molecule has 0 bridgehead atoms. The van der Waals surface area contributed by atoms with Gasteiger partial charge < -0.3 is 16.5 Å². The van der Waals surface area contributed by atoms with Gasteiger partial charge in [-0.05, 0) is 47.8 Å². The number of aliphatic imine (C=N–C) groups is 1. The van der Waals surface area contributed by atoms with E-state index < -0.39 is 11.6 Å². The van der Waals surface area contributed by atoms with Crippen LogP contribution in [0, 0.1) is 11.3 Å². The van der Waals surface area contributed by atoms with Gasteiger partial charge in [-0.15, -0.1) is 11.3 Å². The summed E-state index contributed by atoms with van der Waals surface area (Å²) in [5, 5.41) is 23.0. The van der Waals surface area contributed by atoms with E-state index in [4.69, 9.17) is 16.4 Å². The number of nitrogens with two attached hydrogens (primary N) is 1. The Bertz CT molecular complexity index is 1020. The van der Waals surface area contributed by atoms with E-state index in [0.29, 0.717) is 5.56 Å². The van der Waals surface area contributed by atoms with Crippen molar-refractivity contribution >= 4 is 29.4 Å². The zero-order valence-corrected chi connectivity index (χ0v) is 16.3. The van der Waals surface area contributed by atoms with Crippen LogP contribution in [0.4, 0.5) is 0 Å². The number of likely N-dealkylation sites (N-methyl/N-ethyl adjacent to an activating group) is 1. The van der Waals surface area contributed by atoms with Gasteiger partial charge in [0.2, 0.25) is 0 Å². The number of thiophene rings is 1. The van der Waals surface area contributed by atoms with Crippen molar-refractivity contribution in [1.82, 2.24) is 10.2 Å². The second-order valence-electron chi connectivity index (χ2n) is 6.51. The summed E-state index contributed by atoms with van der Waals surface area (Å²) in [7, 11) is 1.57. The third kappa shape index (κ3) is 3.40. The van der Waals surface area contributed by atoms with E-state index in [1.54, 1.807) is 13.1 Å². The predicted molar refractivity (Wildman–Crippen MR) is 112 cm³/mol. The zero-order valence-electron chi connectivity index (χ0n) is 15.5. The molecule has 3 rings (SSSR count). The largest absolute Gasteiger partial charge is 0.811 e. The van der Waals surface area contributed by atoms with Crippen molar-refractivity contribution in [2.45, 2.75) is 18.5 Å². The average molecular weight is 391 g/mol. The second-order valence-corrected chi connectivity index (χ2v) is 7.43. The standard InChI is InChI=1S/C20H19N6OS/c1-20(17(24-8-4-7-21)18(27)26(2)19(23)25-20)16-10-15(12-28-16)14-6-3-5-13(9-14)11-22/h3-10,12,17,24H,1-2H3,(H2,23,25)/q-1/b8-4-/t17?,20-/m1/s1. The number of carbonyl (C=O) groups is 1. The van der Waals surface area contributed by atoms with Crippen LogP contribution in [0.15, 0.2) is 53.0 Å². The molecule has 0 spiro atoms. The number of rotatable bonds is 5. The topological polar surface area (TPSA) is 117 Å². The van der Waals surface area contributed by atoms with Gasteiger partial charge in [0.15, 0.2) is 5.96 Å². The van der Waals surface area contributed by atoms with Crippen molar-refractivity contribution in [1.29, 1.82) is 5.26 Å². The van der Waals surface area contributed by atoms with Crippen LogP contribution < -0.4 is 11.1 Å². The number of carbonyl (C=O) groups excluding carboxylic acids is 1. The molecule has 1 aliphatic heterocycles. The number of hydrogen-bond donors (Lipinski definition) is 2. The van der Waals surface area contributed by atoms with Crippen LogP contribution in [-0.4, -0.2) is 36.1 Å². The maximum absolute atomic E-state index is 12.8. The van der Waals surface area contributed by atoms with E-state index in [1.165, 1.54) is 28.5 Å². The van der Waals surface area contributed by atoms with Crippen LogP contribution in [0.2, 0.25) is 0 Å². The lowest BCUT2D eigenvalue weighted by Crippen LogP contribution is -2.60. The molecule has 1 aromatic heterocycles. The molecular formula is C20H19N6OS-. The van der Waals surface area contributed by atoms with Gasteiger partial charge in [-0.25, -0.2) is 4.99 Å². The Kier molecular flexibility index (Phi) is 5.29. The molecule has 142 valence electrons. The van der Waals surface area contributed by atoms with Gasteiger partial charge in [0.25, 0.3) is 5.91 Å². The highest BCUT2D eigenvalue weighted by molar-refractivity contribution is 7.10. The number of nitrogens with one attached hydrogen (secondary N) is 1. The number of amides is 1. The third-order valence-corrected chi connectivity index (χ3v) is 5.86. The van der Waals surface area contributed by atoms with Crippen molar-refractivity contribution in [3.05, 3.63) is 63.8 Å². The molecule has 1 unspecified atom stereocenters. The molecule has 0 aliphatic carbocycles. The molecule has 0 radical (unpaired) electrons. The maximum atomic E-state index is 12.8. The SMILES string of the molecule is CN1C(=O)C(N/C=C\C=[N-])[C@@](C)(c2cc(-c3cccc(C#N)c3)cs2)N=C1N. The van der Waals surface area contributed by atoms with Crippen molar-refractivity contribution in [2.75, 3.05) is 7.05 Å². The fraction of sp³-hybridized carbons (Fsp3) is 0.200. The van der Waals surface area contributed by atoms with Crippen LogP contribution in [0.25, 0.3) is 16.5 Å². The molecule has 1 aliphatic rings. The summed E-state index contributed by atoms with van der Waals surface area (Å²) < 4.78 is 0. The van der Waals surface area contributed by atoms with Crippen LogP contribution >= 0.6 is 11.3 Å². The van der Waals surface area contributed by atoms with Crippen molar-refractivity contribution in [2.24, 2.45) is 10.7 Å². The van der Waals surface area contributed by atoms with Crippen molar-refractivity contribution in [3.8, 4) is 17.2 Å². The molecule has 2 heterocycles. The number of nitrogens with zero attached hydrogens (tertiary/aromatic N) is 4. The molecule has 0 saturated heterocycles. The summed E-state index contributed by atoms with van der Waals surface area (Å²) in [6.45, 7) is 1.85. The molecule has 28 heavy (non-hydrogen) atoms. The molecule has 1 aromatic carbocycles. The molecular weight excluding hydrogens is 372 g/mol. The Morgan fingerprint density at radius 3 is 2.93 bits per heavy atom. The zero-order chi connectivity index (χ0) is 20.3. The Hall–Kier alpha value is -3.44. The molecule has 7 nitrogen and oxygen atoms in total. The molecule has 3 N–H and O–H groups in total. The first-order valence-corrected chi connectivity index (χ1v) is 9.39. The Morgan fingerprint density at radius 2 is 2.21 bits per heavy atom. The first-order chi connectivity index (χ1) is 13.4. The lowest BCUT2D eigenvalue weighted by Gasteiger charge is -2.39. The van der Waals surface area contributed by atoms with Crippen LogP contribution in [0.5, 0.6) is 0 Å². The molecule has 2 aromatic rings. The summed E-state index contributed by atoms with van der Waals surface area (Å²) in [5.74, 6) is -0.0799. The van der Waals surface area contributed by atoms with Gasteiger partial charge >= 0.3 is 0 Å². The van der Waals surface area contributed by atoms with E-state index in [-0.39, 0.29) is 11.9 Å². The number of benzene rings is 1. The van der Waals surface area contributed by atoms with E-state index in [1.807, 2.05) is 36.6 Å². The highest BCUT2D eigenvalue weighted by atomic mass is 32.1. The minimum absolute atomic E-state index is 0.143. The Balaban J connectivity index is 2.04. The minimum atomic E-state index is -0.927. The first-order valence-electron chi connectivity index (χ1n) is 8.51. The normalized spacial score (nSPS) is 22.0. The molecule has 0 saturated carbocycles. The first kappa shape index (κ1) is 19.3. The smallest absolute Gasteiger partial charge is 0.254 e. The molecule has 0 fully saturated rings. The number of guanidine groups is 1. The average Bonchev–Trinajstić information content (AvgIpc) is 3.20. The van der Waals surface area contributed by atoms with Crippen LogP contribution in [0.3, 0.4) is 0 Å². The highest BCUT2D eigenvalue weighted by Crippen LogP contribution is 2.39. The third-order valence-electron chi connectivity index (χ3n) is 4.70. The second kappa shape index (κ2) is 7.66. The van der Waals surface area contributed by atoms with Gasteiger partial charge in [-0.3, -0.25) is 9.69 Å². The lowest BCUT2D eigenvalue weighted by atomic mass is 9.88. The molecule has 1 amide bonds. The number of hydrogen-bond acceptors (Lipinski definition) is 6. The summed E-state index contributed by atoms with van der Waals surface area (Å²) in [6, 6.07) is 10.8. The quantitative estimate of drug-likeness (QED) is 0.761. The lowest BCUT2D eigenvalue weighted by molar-refractivity contribution is -0.131. The van der Waals surface area contributed by atoms with Crippen molar-refractivity contribution < 1.29 is 4.79 Å². The van der Waals surface area contributed by atoms with Gasteiger partial charge in [0, 0.05) is 11.9 Å². The predicted octanol–water partition coefficient (Wildman–Crippen LogP) is 2.40.